The van der Waals surface area contributed by atoms with Crippen molar-refractivity contribution in [2.24, 2.45) is 5.92 Å². The Labute approximate surface area is 128 Å². The van der Waals surface area contributed by atoms with Crippen molar-refractivity contribution in [1.29, 1.82) is 0 Å². The third-order valence-electron chi connectivity index (χ3n) is 3.68. The Morgan fingerprint density at radius 1 is 1.38 bits per heavy atom. The Hall–Kier alpha value is -1.08. The monoisotopic (exact) mass is 365 g/mol. The molecule has 0 heterocycles. The van der Waals surface area contributed by atoms with Gasteiger partial charge in [-0.1, -0.05) is 22.4 Å². The smallest absolute Gasteiger partial charge is 0.393 e. The van der Waals surface area contributed by atoms with Crippen molar-refractivity contribution in [3.8, 4) is 0 Å². The van der Waals surface area contributed by atoms with Gasteiger partial charge in [-0.2, -0.15) is 13.2 Å². The largest absolute Gasteiger partial charge is 0.417 e. The Morgan fingerprint density at radius 3 is 2.67 bits per heavy atom. The number of carbonyl (C=O) groups excluding carboxylic acids is 1. The van der Waals surface area contributed by atoms with Crippen molar-refractivity contribution in [2.45, 2.75) is 31.5 Å². The predicted molar refractivity (Wildman–Crippen MR) is 74.8 cm³/mol. The highest BCUT2D eigenvalue weighted by atomic mass is 79.9. The lowest BCUT2D eigenvalue weighted by atomic mass is 10.0. The van der Waals surface area contributed by atoms with Crippen LogP contribution in [0.2, 0.25) is 0 Å². The highest BCUT2D eigenvalue weighted by Crippen LogP contribution is 2.34. The molecule has 1 aromatic carbocycles. The van der Waals surface area contributed by atoms with Crippen molar-refractivity contribution in [1.82, 2.24) is 5.32 Å². The highest BCUT2D eigenvalue weighted by Gasteiger charge is 2.35. The second-order valence-electron chi connectivity index (χ2n) is 5.16. The van der Waals surface area contributed by atoms with E-state index in [9.17, 15) is 23.1 Å². The SMILES string of the molecule is O=C(NCC1CCCC1O)c1ccc(Br)cc1C(F)(F)F. The van der Waals surface area contributed by atoms with E-state index in [4.69, 9.17) is 0 Å². The highest BCUT2D eigenvalue weighted by molar-refractivity contribution is 9.10. The molecule has 2 N–H and O–H groups in total. The van der Waals surface area contributed by atoms with Gasteiger partial charge < -0.3 is 10.4 Å². The average Bonchev–Trinajstić information content (AvgIpc) is 2.80. The maximum absolute atomic E-state index is 13.0. The quantitative estimate of drug-likeness (QED) is 0.862. The molecular weight excluding hydrogens is 351 g/mol. The minimum atomic E-state index is -4.59. The summed E-state index contributed by atoms with van der Waals surface area (Å²) in [6.07, 6.45) is -2.77. The molecule has 1 amide bonds. The molecule has 1 aliphatic carbocycles. The summed E-state index contributed by atoms with van der Waals surface area (Å²) in [5.41, 5.74) is -1.38. The van der Waals surface area contributed by atoms with Crippen LogP contribution < -0.4 is 5.32 Å². The fourth-order valence-electron chi connectivity index (χ4n) is 2.52. The van der Waals surface area contributed by atoms with Crippen molar-refractivity contribution in [3.63, 3.8) is 0 Å². The molecule has 7 heteroatoms. The molecule has 1 aromatic rings. The number of carbonyl (C=O) groups is 1. The van der Waals surface area contributed by atoms with E-state index < -0.39 is 29.3 Å². The maximum Gasteiger partial charge on any atom is 0.417 e. The molecule has 1 fully saturated rings. The lowest BCUT2D eigenvalue weighted by molar-refractivity contribution is -0.138. The van der Waals surface area contributed by atoms with Gasteiger partial charge in [0.2, 0.25) is 0 Å². The Balaban J connectivity index is 2.12. The van der Waals surface area contributed by atoms with E-state index in [1.165, 1.54) is 6.07 Å². The zero-order valence-corrected chi connectivity index (χ0v) is 12.7. The van der Waals surface area contributed by atoms with Gasteiger partial charge in [-0.3, -0.25) is 4.79 Å². The van der Waals surface area contributed by atoms with Crippen LogP contribution in [0.1, 0.15) is 35.2 Å². The van der Waals surface area contributed by atoms with E-state index >= 15 is 0 Å². The van der Waals surface area contributed by atoms with Crippen molar-refractivity contribution in [3.05, 3.63) is 33.8 Å². The molecule has 2 rings (SSSR count). The third kappa shape index (κ3) is 3.97. The molecular formula is C14H15BrF3NO2. The molecule has 3 nitrogen and oxygen atoms in total. The number of halogens is 4. The Morgan fingerprint density at radius 2 is 2.10 bits per heavy atom. The van der Waals surface area contributed by atoms with E-state index in [1.807, 2.05) is 0 Å². The van der Waals surface area contributed by atoms with Gasteiger partial charge in [0.25, 0.3) is 5.91 Å². The molecule has 0 saturated heterocycles. The molecule has 0 spiro atoms. The zero-order valence-electron chi connectivity index (χ0n) is 11.1. The van der Waals surface area contributed by atoms with E-state index in [0.29, 0.717) is 6.42 Å². The van der Waals surface area contributed by atoms with E-state index in [1.54, 1.807) is 0 Å². The van der Waals surface area contributed by atoms with Crippen LogP contribution in [0.3, 0.4) is 0 Å². The van der Waals surface area contributed by atoms with Gasteiger partial charge in [-0.15, -0.1) is 0 Å². The van der Waals surface area contributed by atoms with Crippen LogP contribution in [0.15, 0.2) is 22.7 Å². The predicted octanol–water partition coefficient (Wildman–Crippen LogP) is 3.36. The first-order chi connectivity index (χ1) is 9.79. The lowest BCUT2D eigenvalue weighted by Gasteiger charge is -2.17. The van der Waals surface area contributed by atoms with Crippen LogP contribution in [0.4, 0.5) is 13.2 Å². The number of aliphatic hydroxyl groups excluding tert-OH is 1. The molecule has 2 unspecified atom stereocenters. The second-order valence-corrected chi connectivity index (χ2v) is 6.07. The van der Waals surface area contributed by atoms with Crippen molar-refractivity contribution < 1.29 is 23.1 Å². The normalized spacial score (nSPS) is 22.3. The summed E-state index contributed by atoms with van der Waals surface area (Å²) in [4.78, 5) is 12.0. The van der Waals surface area contributed by atoms with Crippen LogP contribution in [0, 0.1) is 5.92 Å². The van der Waals surface area contributed by atoms with Crippen LogP contribution in [-0.4, -0.2) is 23.7 Å². The summed E-state index contributed by atoms with van der Waals surface area (Å²) in [6, 6.07) is 3.43. The van der Waals surface area contributed by atoms with Crippen LogP contribution >= 0.6 is 15.9 Å². The number of alkyl halides is 3. The molecule has 0 radical (unpaired) electrons. The summed E-state index contributed by atoms with van der Waals surface area (Å²) >= 11 is 2.97. The molecule has 0 bridgehead atoms. The second kappa shape index (κ2) is 6.36. The number of amides is 1. The van der Waals surface area contributed by atoms with Gasteiger partial charge in [-0.05, 0) is 31.0 Å². The standard InChI is InChI=1S/C14H15BrF3NO2/c15-9-4-5-10(11(6-9)14(16,17)18)13(21)19-7-8-2-1-3-12(8)20/h4-6,8,12,20H,1-3,7H2,(H,19,21). The third-order valence-corrected chi connectivity index (χ3v) is 4.17. The number of rotatable bonds is 3. The van der Waals surface area contributed by atoms with Gasteiger partial charge in [0.1, 0.15) is 0 Å². The van der Waals surface area contributed by atoms with Gasteiger partial charge in [-0.25, -0.2) is 0 Å². The summed E-state index contributed by atoms with van der Waals surface area (Å²) < 4.78 is 39.1. The average molecular weight is 366 g/mol. The van der Waals surface area contributed by atoms with Gasteiger partial charge in [0, 0.05) is 16.9 Å². The lowest BCUT2D eigenvalue weighted by Crippen LogP contribution is -2.33. The number of nitrogens with one attached hydrogen (secondary N) is 1. The molecule has 2 atom stereocenters. The van der Waals surface area contributed by atoms with Crippen molar-refractivity contribution >= 4 is 21.8 Å². The summed E-state index contributed by atoms with van der Waals surface area (Å²) in [7, 11) is 0. The molecule has 116 valence electrons. The van der Waals surface area contributed by atoms with E-state index in [-0.39, 0.29) is 16.9 Å². The first-order valence-corrected chi connectivity index (χ1v) is 7.41. The van der Waals surface area contributed by atoms with E-state index in [0.717, 1.165) is 25.0 Å². The van der Waals surface area contributed by atoms with Crippen molar-refractivity contribution in [2.75, 3.05) is 6.54 Å². The summed E-state index contributed by atoms with van der Waals surface area (Å²) in [5, 5.41) is 12.1. The van der Waals surface area contributed by atoms with Gasteiger partial charge in [0.05, 0.1) is 17.2 Å². The first kappa shape index (κ1) is 16.3. The molecule has 1 saturated carbocycles. The van der Waals surface area contributed by atoms with Gasteiger partial charge in [0.15, 0.2) is 0 Å². The summed E-state index contributed by atoms with van der Waals surface area (Å²) in [5.74, 6) is -0.854. The fraction of sp³-hybridized carbons (Fsp3) is 0.500. The molecule has 0 aromatic heterocycles. The van der Waals surface area contributed by atoms with Crippen LogP contribution in [0.5, 0.6) is 0 Å². The number of hydrogen-bond acceptors (Lipinski definition) is 2. The molecule has 1 aliphatic rings. The van der Waals surface area contributed by atoms with Crippen LogP contribution in [-0.2, 0) is 6.18 Å². The first-order valence-electron chi connectivity index (χ1n) is 6.62. The van der Waals surface area contributed by atoms with Gasteiger partial charge >= 0.3 is 6.18 Å². The Bertz CT molecular complexity index is 533. The maximum atomic E-state index is 13.0. The van der Waals surface area contributed by atoms with Crippen LogP contribution in [0.25, 0.3) is 0 Å². The fourth-order valence-corrected chi connectivity index (χ4v) is 2.88. The number of benzene rings is 1. The number of hydrogen-bond donors (Lipinski definition) is 2. The number of aliphatic hydroxyl groups is 1. The molecule has 0 aliphatic heterocycles. The minimum Gasteiger partial charge on any atom is -0.393 e. The zero-order chi connectivity index (χ0) is 15.6. The Kier molecular flexibility index (Phi) is 4.93. The van der Waals surface area contributed by atoms with E-state index in [2.05, 4.69) is 21.2 Å². The summed E-state index contributed by atoms with van der Waals surface area (Å²) in [6.45, 7) is 0.188. The molecule has 21 heavy (non-hydrogen) atoms. The minimum absolute atomic E-state index is 0.0845. The topological polar surface area (TPSA) is 49.3 Å².